The summed E-state index contributed by atoms with van der Waals surface area (Å²) < 4.78 is 0. The van der Waals surface area contributed by atoms with Gasteiger partial charge in [-0.1, -0.05) is 30.3 Å². The van der Waals surface area contributed by atoms with Crippen LogP contribution in [0, 0.1) is 0 Å². The summed E-state index contributed by atoms with van der Waals surface area (Å²) in [6.07, 6.45) is 0.0621. The lowest BCUT2D eigenvalue weighted by molar-refractivity contribution is 0.170. The fourth-order valence-corrected chi connectivity index (χ4v) is 2.21. The van der Waals surface area contributed by atoms with Crippen molar-refractivity contribution in [3.05, 3.63) is 59.7 Å². The van der Waals surface area contributed by atoms with Crippen LogP contribution in [-0.2, 0) is 6.42 Å². The molecule has 2 aromatic carbocycles. The van der Waals surface area contributed by atoms with Gasteiger partial charge in [-0.25, -0.2) is 0 Å². The summed E-state index contributed by atoms with van der Waals surface area (Å²) in [7, 11) is 0. The molecule has 4 nitrogen and oxygen atoms in total. The zero-order valence-corrected chi connectivity index (χ0v) is 12.0. The molecule has 2 atom stereocenters. The summed E-state index contributed by atoms with van der Waals surface area (Å²) in [4.78, 5) is 0. The third-order valence-corrected chi connectivity index (χ3v) is 3.46. The van der Waals surface area contributed by atoms with E-state index in [0.717, 1.165) is 11.1 Å². The Hall–Kier alpha value is -2.04. The molecule has 2 rings (SSSR count). The standard InChI is InChI=1S/C17H21NO3/c1-12(10-14-4-2-3-5-16(14)20)18-11-17(21)13-6-8-15(19)9-7-13/h2-9,12,17-21H,10-11H2,1H3. The van der Waals surface area contributed by atoms with Crippen molar-refractivity contribution < 1.29 is 15.3 Å². The number of aliphatic hydroxyl groups excluding tert-OH is 1. The van der Waals surface area contributed by atoms with E-state index in [0.29, 0.717) is 18.7 Å². The Morgan fingerprint density at radius 3 is 2.33 bits per heavy atom. The van der Waals surface area contributed by atoms with Crippen LogP contribution >= 0.6 is 0 Å². The van der Waals surface area contributed by atoms with Gasteiger partial charge in [0.15, 0.2) is 0 Å². The van der Waals surface area contributed by atoms with Crippen LogP contribution in [0.4, 0.5) is 0 Å². The summed E-state index contributed by atoms with van der Waals surface area (Å²) >= 11 is 0. The molecular formula is C17H21NO3. The largest absolute Gasteiger partial charge is 0.508 e. The average Bonchev–Trinajstić information content (AvgIpc) is 2.48. The van der Waals surface area contributed by atoms with Crippen LogP contribution in [0.5, 0.6) is 11.5 Å². The molecule has 0 radical (unpaired) electrons. The number of aliphatic hydroxyl groups is 1. The van der Waals surface area contributed by atoms with Crippen molar-refractivity contribution in [2.45, 2.75) is 25.5 Å². The summed E-state index contributed by atoms with van der Waals surface area (Å²) in [5.74, 6) is 0.483. The maximum absolute atomic E-state index is 10.1. The van der Waals surface area contributed by atoms with E-state index >= 15 is 0 Å². The van der Waals surface area contributed by atoms with E-state index in [2.05, 4.69) is 5.32 Å². The molecule has 0 spiro atoms. The normalized spacial score (nSPS) is 13.8. The van der Waals surface area contributed by atoms with Crippen molar-refractivity contribution in [3.8, 4) is 11.5 Å². The summed E-state index contributed by atoms with van der Waals surface area (Å²) in [6.45, 7) is 2.43. The number of hydrogen-bond donors (Lipinski definition) is 4. The van der Waals surface area contributed by atoms with Crippen LogP contribution in [0.2, 0.25) is 0 Å². The zero-order chi connectivity index (χ0) is 15.2. The number of phenolic OH excluding ortho intramolecular Hbond substituents is 2. The highest BCUT2D eigenvalue weighted by atomic mass is 16.3. The number of nitrogens with one attached hydrogen (secondary N) is 1. The van der Waals surface area contributed by atoms with Gasteiger partial charge in [0, 0.05) is 12.6 Å². The maximum Gasteiger partial charge on any atom is 0.118 e. The number of para-hydroxylation sites is 1. The Balaban J connectivity index is 1.85. The fraction of sp³-hybridized carbons (Fsp3) is 0.294. The lowest BCUT2D eigenvalue weighted by Gasteiger charge is -2.18. The van der Waals surface area contributed by atoms with E-state index in [-0.39, 0.29) is 11.8 Å². The van der Waals surface area contributed by atoms with Crippen molar-refractivity contribution in [2.75, 3.05) is 6.54 Å². The van der Waals surface area contributed by atoms with Gasteiger partial charge in [-0.15, -0.1) is 0 Å². The summed E-state index contributed by atoms with van der Waals surface area (Å²) in [5, 5.41) is 32.3. The molecule has 112 valence electrons. The fourth-order valence-electron chi connectivity index (χ4n) is 2.21. The molecule has 0 amide bonds. The molecular weight excluding hydrogens is 266 g/mol. The van der Waals surface area contributed by atoms with Crippen molar-refractivity contribution >= 4 is 0 Å². The predicted molar refractivity (Wildman–Crippen MR) is 82.3 cm³/mol. The highest BCUT2D eigenvalue weighted by Gasteiger charge is 2.11. The Kier molecular flexibility index (Phi) is 5.20. The van der Waals surface area contributed by atoms with E-state index in [9.17, 15) is 15.3 Å². The lowest BCUT2D eigenvalue weighted by atomic mass is 10.1. The van der Waals surface area contributed by atoms with Gasteiger partial charge in [0.25, 0.3) is 0 Å². The molecule has 0 aromatic heterocycles. The lowest BCUT2D eigenvalue weighted by Crippen LogP contribution is -2.32. The molecule has 2 unspecified atom stereocenters. The van der Waals surface area contributed by atoms with Gasteiger partial charge < -0.3 is 20.6 Å². The van der Waals surface area contributed by atoms with E-state index in [4.69, 9.17) is 0 Å². The molecule has 21 heavy (non-hydrogen) atoms. The highest BCUT2D eigenvalue weighted by molar-refractivity contribution is 5.32. The number of phenols is 2. The first-order valence-corrected chi connectivity index (χ1v) is 7.03. The molecule has 0 saturated carbocycles. The van der Waals surface area contributed by atoms with Crippen LogP contribution in [0.3, 0.4) is 0 Å². The molecule has 0 bridgehead atoms. The van der Waals surface area contributed by atoms with Gasteiger partial charge in [0.05, 0.1) is 6.10 Å². The third kappa shape index (κ3) is 4.48. The molecule has 0 saturated heterocycles. The third-order valence-electron chi connectivity index (χ3n) is 3.46. The molecule has 2 aromatic rings. The highest BCUT2D eigenvalue weighted by Crippen LogP contribution is 2.18. The number of hydrogen-bond acceptors (Lipinski definition) is 4. The van der Waals surface area contributed by atoms with Crippen LogP contribution in [0.1, 0.15) is 24.2 Å². The topological polar surface area (TPSA) is 72.7 Å². The second kappa shape index (κ2) is 7.11. The van der Waals surface area contributed by atoms with Crippen molar-refractivity contribution in [2.24, 2.45) is 0 Å². The minimum absolute atomic E-state index is 0.130. The Morgan fingerprint density at radius 2 is 1.67 bits per heavy atom. The minimum Gasteiger partial charge on any atom is -0.508 e. The molecule has 4 heteroatoms. The predicted octanol–water partition coefficient (Wildman–Crippen LogP) is 2.35. The van der Waals surface area contributed by atoms with Gasteiger partial charge in [-0.05, 0) is 42.7 Å². The van der Waals surface area contributed by atoms with Crippen LogP contribution < -0.4 is 5.32 Å². The van der Waals surface area contributed by atoms with E-state index in [1.54, 1.807) is 36.4 Å². The van der Waals surface area contributed by atoms with Gasteiger partial charge in [0.2, 0.25) is 0 Å². The van der Waals surface area contributed by atoms with Crippen molar-refractivity contribution in [1.29, 1.82) is 0 Å². The van der Waals surface area contributed by atoms with Crippen LogP contribution in [-0.4, -0.2) is 27.9 Å². The average molecular weight is 287 g/mol. The Bertz CT molecular complexity index is 569. The Morgan fingerprint density at radius 1 is 1.00 bits per heavy atom. The zero-order valence-electron chi connectivity index (χ0n) is 12.0. The summed E-state index contributed by atoms with van der Waals surface area (Å²) in [5.41, 5.74) is 1.65. The quantitative estimate of drug-likeness (QED) is 0.658. The second-order valence-corrected chi connectivity index (χ2v) is 5.25. The SMILES string of the molecule is CC(Cc1ccccc1O)NCC(O)c1ccc(O)cc1. The Labute approximate surface area is 124 Å². The van der Waals surface area contributed by atoms with E-state index in [1.165, 1.54) is 0 Å². The molecule has 0 heterocycles. The van der Waals surface area contributed by atoms with Gasteiger partial charge >= 0.3 is 0 Å². The van der Waals surface area contributed by atoms with Gasteiger partial charge in [-0.3, -0.25) is 0 Å². The molecule has 0 aliphatic rings. The monoisotopic (exact) mass is 287 g/mol. The first-order chi connectivity index (χ1) is 10.1. The number of aromatic hydroxyl groups is 2. The van der Waals surface area contributed by atoms with Gasteiger partial charge in [-0.2, -0.15) is 0 Å². The molecule has 0 aliphatic carbocycles. The second-order valence-electron chi connectivity index (χ2n) is 5.25. The molecule has 0 aliphatic heterocycles. The minimum atomic E-state index is -0.627. The molecule has 4 N–H and O–H groups in total. The van der Waals surface area contributed by atoms with Gasteiger partial charge in [0.1, 0.15) is 11.5 Å². The first-order valence-electron chi connectivity index (χ1n) is 7.03. The number of rotatable bonds is 6. The van der Waals surface area contributed by atoms with Crippen LogP contribution in [0.15, 0.2) is 48.5 Å². The van der Waals surface area contributed by atoms with E-state index < -0.39 is 6.10 Å². The van der Waals surface area contributed by atoms with Crippen LogP contribution in [0.25, 0.3) is 0 Å². The van der Waals surface area contributed by atoms with Crippen molar-refractivity contribution in [1.82, 2.24) is 5.32 Å². The number of benzene rings is 2. The van der Waals surface area contributed by atoms with Crippen molar-refractivity contribution in [3.63, 3.8) is 0 Å². The maximum atomic E-state index is 10.1. The van der Waals surface area contributed by atoms with E-state index in [1.807, 2.05) is 19.1 Å². The smallest absolute Gasteiger partial charge is 0.118 e. The first kappa shape index (κ1) is 15.4. The molecule has 0 fully saturated rings. The summed E-state index contributed by atoms with van der Waals surface area (Å²) in [6, 6.07) is 13.9.